The standard InChI is InChI=1S/C26H26N2O4/c29-24(30)26(23(21-13-6-2-7-14-21)22-15-8-3-9-16-22)17-10-18-28(27-26)25(31)32-19-20-11-4-1-5-12-20/h1-9,11-16,23,27H,10,17-19H2,(H,29,30)/p-1/t26-/m0/s1. The lowest BCUT2D eigenvalue weighted by Gasteiger charge is -2.48. The summed E-state index contributed by atoms with van der Waals surface area (Å²) < 4.78 is 5.44. The van der Waals surface area contributed by atoms with Crippen molar-refractivity contribution in [3.8, 4) is 0 Å². The largest absolute Gasteiger partial charge is 0.548 e. The fourth-order valence-electron chi connectivity index (χ4n) is 4.33. The Morgan fingerprint density at radius 3 is 1.97 bits per heavy atom. The average molecular weight is 429 g/mol. The van der Waals surface area contributed by atoms with Gasteiger partial charge in [0.2, 0.25) is 0 Å². The number of ether oxygens (including phenoxy) is 1. The van der Waals surface area contributed by atoms with Crippen LogP contribution in [0.25, 0.3) is 0 Å². The molecule has 6 nitrogen and oxygen atoms in total. The van der Waals surface area contributed by atoms with Crippen molar-refractivity contribution >= 4 is 12.1 Å². The zero-order valence-corrected chi connectivity index (χ0v) is 17.6. The van der Waals surface area contributed by atoms with E-state index in [1.54, 1.807) is 0 Å². The molecule has 0 aliphatic carbocycles. The second-order valence-corrected chi connectivity index (χ2v) is 7.92. The summed E-state index contributed by atoms with van der Waals surface area (Å²) in [6.45, 7) is 0.454. The first-order valence-electron chi connectivity index (χ1n) is 10.7. The fraction of sp³-hybridized carbons (Fsp3) is 0.231. The number of benzene rings is 3. The predicted octanol–water partition coefficient (Wildman–Crippen LogP) is 3.24. The van der Waals surface area contributed by atoms with Crippen molar-refractivity contribution in [2.24, 2.45) is 0 Å². The van der Waals surface area contributed by atoms with Gasteiger partial charge in [-0.05, 0) is 29.5 Å². The molecule has 3 aromatic rings. The molecule has 0 saturated carbocycles. The van der Waals surface area contributed by atoms with Crippen LogP contribution >= 0.6 is 0 Å². The Hall–Kier alpha value is -3.64. The Balaban J connectivity index is 1.63. The molecule has 0 radical (unpaired) electrons. The van der Waals surface area contributed by atoms with Crippen LogP contribution in [-0.4, -0.2) is 29.2 Å². The number of carbonyl (C=O) groups is 2. The quantitative estimate of drug-likeness (QED) is 0.651. The van der Waals surface area contributed by atoms with Crippen molar-refractivity contribution in [2.75, 3.05) is 6.54 Å². The lowest BCUT2D eigenvalue weighted by atomic mass is 9.72. The first-order chi connectivity index (χ1) is 15.6. The summed E-state index contributed by atoms with van der Waals surface area (Å²) in [5.74, 6) is -1.81. The van der Waals surface area contributed by atoms with Crippen LogP contribution in [-0.2, 0) is 16.1 Å². The monoisotopic (exact) mass is 429 g/mol. The van der Waals surface area contributed by atoms with Gasteiger partial charge in [0, 0.05) is 12.5 Å². The normalized spacial score (nSPS) is 18.3. The number of nitrogens with one attached hydrogen (secondary N) is 1. The summed E-state index contributed by atoms with van der Waals surface area (Å²) >= 11 is 0. The van der Waals surface area contributed by atoms with Crippen LogP contribution in [0, 0.1) is 0 Å². The number of rotatable bonds is 6. The maximum atomic E-state index is 12.8. The smallest absolute Gasteiger partial charge is 0.424 e. The van der Waals surface area contributed by atoms with Gasteiger partial charge in [-0.25, -0.2) is 15.2 Å². The first-order valence-corrected chi connectivity index (χ1v) is 10.7. The van der Waals surface area contributed by atoms with Crippen LogP contribution < -0.4 is 10.5 Å². The molecule has 164 valence electrons. The Morgan fingerprint density at radius 1 is 0.906 bits per heavy atom. The topological polar surface area (TPSA) is 81.7 Å². The van der Waals surface area contributed by atoms with Crippen LogP contribution in [0.2, 0.25) is 0 Å². The molecule has 0 spiro atoms. The Bertz CT molecular complexity index is 1000. The molecule has 0 bridgehead atoms. The van der Waals surface area contributed by atoms with Gasteiger partial charge in [-0.2, -0.15) is 0 Å². The third kappa shape index (κ3) is 4.50. The van der Waals surface area contributed by atoms with E-state index in [-0.39, 0.29) is 6.61 Å². The summed E-state index contributed by atoms with van der Waals surface area (Å²) in [5.41, 5.74) is 4.00. The van der Waals surface area contributed by atoms with Crippen molar-refractivity contribution in [3.63, 3.8) is 0 Å². The summed E-state index contributed by atoms with van der Waals surface area (Å²) in [4.78, 5) is 25.5. The lowest BCUT2D eigenvalue weighted by molar-refractivity contribution is -0.318. The number of carboxylic acid groups (broad SMARTS) is 1. The van der Waals surface area contributed by atoms with Crippen LogP contribution in [0.15, 0.2) is 91.0 Å². The SMILES string of the molecule is O=C(OCc1ccccc1)N1CCC[C@@](C(=O)[O-])(C(c2ccccc2)c2ccccc2)N1. The van der Waals surface area contributed by atoms with Crippen molar-refractivity contribution in [3.05, 3.63) is 108 Å². The van der Waals surface area contributed by atoms with Crippen LogP contribution in [0.4, 0.5) is 4.79 Å². The summed E-state index contributed by atoms with van der Waals surface area (Å²) in [7, 11) is 0. The molecule has 1 heterocycles. The van der Waals surface area contributed by atoms with Crippen LogP contribution in [0.1, 0.15) is 35.4 Å². The molecule has 1 atom stereocenters. The minimum Gasteiger partial charge on any atom is -0.548 e. The molecular formula is C26H25N2O4-. The number of hydrogen-bond donors (Lipinski definition) is 1. The van der Waals surface area contributed by atoms with E-state index >= 15 is 0 Å². The highest BCUT2D eigenvalue weighted by atomic mass is 16.6. The Morgan fingerprint density at radius 2 is 1.44 bits per heavy atom. The van der Waals surface area contributed by atoms with E-state index in [2.05, 4.69) is 5.43 Å². The van der Waals surface area contributed by atoms with Gasteiger partial charge in [-0.15, -0.1) is 0 Å². The molecule has 1 N–H and O–H groups in total. The van der Waals surface area contributed by atoms with E-state index in [0.717, 1.165) is 16.7 Å². The van der Waals surface area contributed by atoms with Gasteiger partial charge in [0.25, 0.3) is 0 Å². The fourth-order valence-corrected chi connectivity index (χ4v) is 4.33. The first kappa shape index (κ1) is 21.6. The molecule has 1 fully saturated rings. The van der Waals surface area contributed by atoms with Gasteiger partial charge in [-0.3, -0.25) is 0 Å². The molecule has 1 saturated heterocycles. The average Bonchev–Trinajstić information content (AvgIpc) is 2.85. The van der Waals surface area contributed by atoms with E-state index in [1.807, 2.05) is 91.0 Å². The number of nitrogens with zero attached hydrogens (tertiary/aromatic N) is 1. The Kier molecular flexibility index (Phi) is 6.52. The van der Waals surface area contributed by atoms with Gasteiger partial charge < -0.3 is 14.6 Å². The molecule has 3 aromatic carbocycles. The zero-order valence-electron chi connectivity index (χ0n) is 17.6. The van der Waals surface area contributed by atoms with Gasteiger partial charge in [0.1, 0.15) is 6.61 Å². The van der Waals surface area contributed by atoms with Gasteiger partial charge >= 0.3 is 6.09 Å². The number of hydrogen-bond acceptors (Lipinski definition) is 5. The molecule has 4 rings (SSSR count). The maximum Gasteiger partial charge on any atom is 0.424 e. The molecule has 1 aliphatic heterocycles. The van der Waals surface area contributed by atoms with E-state index in [4.69, 9.17) is 4.74 Å². The van der Waals surface area contributed by atoms with Gasteiger partial charge in [0.05, 0.1) is 11.5 Å². The van der Waals surface area contributed by atoms with Crippen LogP contribution in [0.5, 0.6) is 0 Å². The Labute approximate surface area is 187 Å². The third-order valence-corrected chi connectivity index (χ3v) is 5.84. The number of carboxylic acids is 1. The van der Waals surface area contributed by atoms with Crippen molar-refractivity contribution in [1.29, 1.82) is 0 Å². The molecule has 32 heavy (non-hydrogen) atoms. The number of carbonyl (C=O) groups excluding carboxylic acids is 2. The predicted molar refractivity (Wildman–Crippen MR) is 118 cm³/mol. The molecule has 0 aromatic heterocycles. The van der Waals surface area contributed by atoms with Crippen LogP contribution in [0.3, 0.4) is 0 Å². The van der Waals surface area contributed by atoms with E-state index in [9.17, 15) is 14.7 Å². The number of aliphatic carboxylic acids is 1. The lowest BCUT2D eigenvalue weighted by Crippen LogP contribution is -2.69. The third-order valence-electron chi connectivity index (χ3n) is 5.84. The minimum absolute atomic E-state index is 0.108. The number of hydrazine groups is 1. The highest BCUT2D eigenvalue weighted by Gasteiger charge is 2.46. The second-order valence-electron chi connectivity index (χ2n) is 7.92. The molecular weight excluding hydrogens is 404 g/mol. The van der Waals surface area contributed by atoms with Crippen molar-refractivity contribution in [1.82, 2.24) is 10.4 Å². The van der Waals surface area contributed by atoms with E-state index in [1.165, 1.54) is 5.01 Å². The summed E-state index contributed by atoms with van der Waals surface area (Å²) in [6, 6.07) is 28.2. The van der Waals surface area contributed by atoms with Crippen molar-refractivity contribution in [2.45, 2.75) is 30.9 Å². The van der Waals surface area contributed by atoms with Crippen molar-refractivity contribution < 1.29 is 19.4 Å². The number of amides is 1. The minimum atomic E-state index is -1.51. The molecule has 1 aliphatic rings. The van der Waals surface area contributed by atoms with E-state index < -0.39 is 23.5 Å². The van der Waals surface area contributed by atoms with E-state index in [0.29, 0.717) is 19.4 Å². The summed E-state index contributed by atoms with van der Waals surface area (Å²) in [5, 5.41) is 13.9. The molecule has 1 amide bonds. The maximum absolute atomic E-state index is 12.8. The molecule has 6 heteroatoms. The highest BCUT2D eigenvalue weighted by Crippen LogP contribution is 2.39. The zero-order chi connectivity index (χ0) is 22.4. The highest BCUT2D eigenvalue weighted by molar-refractivity contribution is 5.81. The van der Waals surface area contributed by atoms with Gasteiger partial charge in [-0.1, -0.05) is 91.0 Å². The second kappa shape index (κ2) is 9.66. The summed E-state index contributed by atoms with van der Waals surface area (Å²) in [6.07, 6.45) is 0.197. The molecule has 0 unspecified atom stereocenters. The van der Waals surface area contributed by atoms with Gasteiger partial charge in [0.15, 0.2) is 0 Å².